The zero-order valence-electron chi connectivity index (χ0n) is 8.87. The highest BCUT2D eigenvalue weighted by atomic mass is 16.3. The van der Waals surface area contributed by atoms with E-state index in [1.54, 1.807) is 0 Å². The Morgan fingerprint density at radius 3 is 2.31 bits per heavy atom. The van der Waals surface area contributed by atoms with E-state index in [2.05, 4.69) is 23.6 Å². The van der Waals surface area contributed by atoms with Gasteiger partial charge in [-0.05, 0) is 13.3 Å². The van der Waals surface area contributed by atoms with Crippen LogP contribution in [0.25, 0.3) is 0 Å². The Balaban J connectivity index is 2.22. The third kappa shape index (κ3) is 3.25. The first-order valence-electron chi connectivity index (χ1n) is 5.35. The maximum absolute atomic E-state index is 8.78. The molecule has 0 amide bonds. The number of nitrogens with zero attached hydrogens (tertiary/aromatic N) is 2. The molecule has 0 unspecified atom stereocenters. The van der Waals surface area contributed by atoms with E-state index >= 15 is 0 Å². The molecule has 1 atom stereocenters. The lowest BCUT2D eigenvalue weighted by atomic mass is 10.2. The van der Waals surface area contributed by atoms with Gasteiger partial charge in [0.25, 0.3) is 0 Å². The van der Waals surface area contributed by atoms with Crippen LogP contribution in [0.2, 0.25) is 0 Å². The monoisotopic (exact) mass is 186 g/mol. The molecule has 1 aliphatic rings. The van der Waals surface area contributed by atoms with E-state index in [1.165, 1.54) is 6.42 Å². The molecular weight excluding hydrogens is 164 g/mol. The first kappa shape index (κ1) is 11.0. The van der Waals surface area contributed by atoms with Crippen LogP contribution >= 0.6 is 0 Å². The van der Waals surface area contributed by atoms with E-state index in [-0.39, 0.29) is 0 Å². The summed E-state index contributed by atoms with van der Waals surface area (Å²) in [5, 5.41) is 8.78. The summed E-state index contributed by atoms with van der Waals surface area (Å²) in [6.07, 6.45) is 1.24. The largest absolute Gasteiger partial charge is 0.395 e. The lowest BCUT2D eigenvalue weighted by molar-refractivity contribution is 0.0876. The second-order valence-corrected chi connectivity index (χ2v) is 3.86. The van der Waals surface area contributed by atoms with Gasteiger partial charge in [0.15, 0.2) is 0 Å². The molecule has 0 aliphatic carbocycles. The molecule has 0 bridgehead atoms. The highest BCUT2D eigenvalue weighted by Crippen LogP contribution is 2.07. The smallest absolute Gasteiger partial charge is 0.0558 e. The number of rotatable bonds is 4. The molecule has 0 spiro atoms. The highest BCUT2D eigenvalue weighted by Gasteiger charge is 2.19. The predicted molar refractivity (Wildman–Crippen MR) is 54.9 cm³/mol. The van der Waals surface area contributed by atoms with E-state index in [9.17, 15) is 0 Å². The molecule has 3 nitrogen and oxygen atoms in total. The van der Waals surface area contributed by atoms with Gasteiger partial charge in [-0.25, -0.2) is 0 Å². The van der Waals surface area contributed by atoms with Crippen LogP contribution in [0.1, 0.15) is 20.3 Å². The van der Waals surface area contributed by atoms with Gasteiger partial charge in [-0.3, -0.25) is 9.80 Å². The average molecular weight is 186 g/mol. The van der Waals surface area contributed by atoms with Gasteiger partial charge in [0.2, 0.25) is 0 Å². The topological polar surface area (TPSA) is 26.7 Å². The van der Waals surface area contributed by atoms with Gasteiger partial charge in [0.1, 0.15) is 0 Å². The van der Waals surface area contributed by atoms with Crippen molar-refractivity contribution in [2.24, 2.45) is 0 Å². The maximum Gasteiger partial charge on any atom is 0.0558 e. The summed E-state index contributed by atoms with van der Waals surface area (Å²) in [7, 11) is 0. The van der Waals surface area contributed by atoms with E-state index in [0.717, 1.165) is 38.8 Å². The van der Waals surface area contributed by atoms with Crippen molar-refractivity contribution in [2.75, 3.05) is 39.3 Å². The van der Waals surface area contributed by atoms with Crippen LogP contribution in [0.4, 0.5) is 0 Å². The molecule has 1 fully saturated rings. The van der Waals surface area contributed by atoms with Crippen LogP contribution < -0.4 is 0 Å². The van der Waals surface area contributed by atoms with E-state index in [0.29, 0.717) is 6.61 Å². The van der Waals surface area contributed by atoms with Crippen LogP contribution in [0, 0.1) is 0 Å². The molecule has 78 valence electrons. The molecule has 0 aromatic heterocycles. The van der Waals surface area contributed by atoms with Crippen molar-refractivity contribution in [3.8, 4) is 0 Å². The van der Waals surface area contributed by atoms with Crippen LogP contribution in [-0.2, 0) is 0 Å². The summed E-state index contributed by atoms with van der Waals surface area (Å²) < 4.78 is 0. The Hall–Kier alpha value is -0.120. The van der Waals surface area contributed by atoms with Gasteiger partial charge >= 0.3 is 0 Å². The van der Waals surface area contributed by atoms with Crippen molar-refractivity contribution < 1.29 is 5.11 Å². The van der Waals surface area contributed by atoms with Crippen molar-refractivity contribution in [2.45, 2.75) is 26.3 Å². The molecule has 0 saturated carbocycles. The minimum absolute atomic E-state index is 0.295. The number of β-amino-alcohol motifs (C(OH)–C–C–N with tert-alkyl or cyclic N) is 1. The first-order chi connectivity index (χ1) is 6.27. The number of hydrogen-bond donors (Lipinski definition) is 1. The van der Waals surface area contributed by atoms with Gasteiger partial charge < -0.3 is 5.11 Å². The maximum atomic E-state index is 8.78. The van der Waals surface area contributed by atoms with E-state index in [4.69, 9.17) is 5.11 Å². The zero-order chi connectivity index (χ0) is 9.68. The third-order valence-electron chi connectivity index (χ3n) is 3.04. The van der Waals surface area contributed by atoms with Crippen LogP contribution in [0.5, 0.6) is 0 Å². The standard InChI is InChI=1S/C10H22N2O/c1-3-10(2)12-6-4-11(5-7-12)8-9-13/h10,13H,3-9H2,1-2H3/t10-/m0/s1. The summed E-state index contributed by atoms with van der Waals surface area (Å²) >= 11 is 0. The number of aliphatic hydroxyl groups is 1. The summed E-state index contributed by atoms with van der Waals surface area (Å²) in [5.74, 6) is 0. The molecule has 0 radical (unpaired) electrons. The van der Waals surface area contributed by atoms with Gasteiger partial charge in [-0.15, -0.1) is 0 Å². The molecule has 1 aliphatic heterocycles. The molecule has 1 N–H and O–H groups in total. The summed E-state index contributed by atoms with van der Waals surface area (Å²) in [6, 6.07) is 0.719. The molecular formula is C10H22N2O. The van der Waals surface area contributed by atoms with Crippen LogP contribution in [-0.4, -0.2) is 60.3 Å². The van der Waals surface area contributed by atoms with Crippen LogP contribution in [0.15, 0.2) is 0 Å². The minimum atomic E-state index is 0.295. The first-order valence-corrected chi connectivity index (χ1v) is 5.35. The number of hydrogen-bond acceptors (Lipinski definition) is 3. The molecule has 1 heterocycles. The van der Waals surface area contributed by atoms with Gasteiger partial charge in [0.05, 0.1) is 6.61 Å². The minimum Gasteiger partial charge on any atom is -0.395 e. The van der Waals surface area contributed by atoms with Gasteiger partial charge in [-0.1, -0.05) is 6.92 Å². The Labute approximate surface area is 81.3 Å². The lowest BCUT2D eigenvalue weighted by Gasteiger charge is -2.37. The molecule has 0 aromatic rings. The predicted octanol–water partition coefficient (Wildman–Crippen LogP) is 0.395. The molecule has 1 saturated heterocycles. The Morgan fingerprint density at radius 1 is 1.23 bits per heavy atom. The highest BCUT2D eigenvalue weighted by molar-refractivity contribution is 4.75. The van der Waals surface area contributed by atoms with Crippen molar-refractivity contribution >= 4 is 0 Å². The quantitative estimate of drug-likeness (QED) is 0.688. The van der Waals surface area contributed by atoms with Crippen molar-refractivity contribution in [1.29, 1.82) is 0 Å². The van der Waals surface area contributed by atoms with Gasteiger partial charge in [-0.2, -0.15) is 0 Å². The van der Waals surface area contributed by atoms with Crippen molar-refractivity contribution in [3.05, 3.63) is 0 Å². The van der Waals surface area contributed by atoms with Gasteiger partial charge in [0, 0.05) is 38.8 Å². The fourth-order valence-electron chi connectivity index (χ4n) is 1.83. The number of aliphatic hydroxyl groups excluding tert-OH is 1. The second kappa shape index (κ2) is 5.58. The summed E-state index contributed by atoms with van der Waals surface area (Å²) in [6.45, 7) is 10.2. The average Bonchev–Trinajstić information content (AvgIpc) is 2.18. The number of piperazine rings is 1. The van der Waals surface area contributed by atoms with Crippen molar-refractivity contribution in [3.63, 3.8) is 0 Å². The molecule has 1 rings (SSSR count). The summed E-state index contributed by atoms with van der Waals surface area (Å²) in [5.41, 5.74) is 0. The van der Waals surface area contributed by atoms with Crippen LogP contribution in [0.3, 0.4) is 0 Å². The fraction of sp³-hybridized carbons (Fsp3) is 1.00. The van der Waals surface area contributed by atoms with E-state index in [1.807, 2.05) is 0 Å². The second-order valence-electron chi connectivity index (χ2n) is 3.86. The molecule has 13 heavy (non-hydrogen) atoms. The Morgan fingerprint density at radius 2 is 1.85 bits per heavy atom. The Kier molecular flexibility index (Phi) is 4.70. The van der Waals surface area contributed by atoms with E-state index < -0.39 is 0 Å². The molecule has 0 aromatic carbocycles. The SMILES string of the molecule is CC[C@H](C)N1CCN(CCO)CC1. The normalized spacial score (nSPS) is 23.3. The molecule has 3 heteroatoms. The third-order valence-corrected chi connectivity index (χ3v) is 3.04. The zero-order valence-corrected chi connectivity index (χ0v) is 8.87. The fourth-order valence-corrected chi connectivity index (χ4v) is 1.83. The summed E-state index contributed by atoms with van der Waals surface area (Å²) in [4.78, 5) is 4.87. The lowest BCUT2D eigenvalue weighted by Crippen LogP contribution is -2.49. The van der Waals surface area contributed by atoms with Crippen molar-refractivity contribution in [1.82, 2.24) is 9.80 Å². The Bertz CT molecular complexity index is 133.